The minimum atomic E-state index is -0.339. The molecule has 0 bridgehead atoms. The Kier molecular flexibility index (Phi) is 4.14. The molecule has 0 aliphatic heterocycles. The molecule has 1 saturated carbocycles. The molecule has 100 valence electrons. The van der Waals surface area contributed by atoms with Crippen molar-refractivity contribution < 1.29 is 4.74 Å². The van der Waals surface area contributed by atoms with Crippen LogP contribution in [-0.2, 0) is 10.3 Å². The lowest BCUT2D eigenvalue weighted by Gasteiger charge is -2.30. The molecular formula is C13H22N4O. The average molecular weight is 250 g/mol. The van der Waals surface area contributed by atoms with Crippen LogP contribution in [0.2, 0.25) is 0 Å². The monoisotopic (exact) mass is 250 g/mol. The van der Waals surface area contributed by atoms with Gasteiger partial charge < -0.3 is 10.2 Å². The summed E-state index contributed by atoms with van der Waals surface area (Å²) in [5.41, 5.74) is 3.17. The number of nitrogens with two attached hydrogens (primary N) is 1. The van der Waals surface area contributed by atoms with Crippen molar-refractivity contribution in [3.63, 3.8) is 0 Å². The number of nitrogens with zero attached hydrogens (tertiary/aromatic N) is 2. The van der Waals surface area contributed by atoms with Crippen molar-refractivity contribution in [2.75, 3.05) is 12.5 Å². The minimum absolute atomic E-state index is 0.339. The van der Waals surface area contributed by atoms with E-state index in [4.69, 9.17) is 10.6 Å². The maximum atomic E-state index is 5.81. The van der Waals surface area contributed by atoms with E-state index < -0.39 is 0 Å². The fraction of sp³-hybridized carbons (Fsp3) is 0.692. The second kappa shape index (κ2) is 5.63. The van der Waals surface area contributed by atoms with Crippen LogP contribution >= 0.6 is 0 Å². The molecule has 0 atom stereocenters. The van der Waals surface area contributed by atoms with Gasteiger partial charge in [0.25, 0.3) is 0 Å². The third kappa shape index (κ3) is 2.62. The molecule has 0 aromatic carbocycles. The van der Waals surface area contributed by atoms with E-state index in [1.807, 2.05) is 13.0 Å². The first-order valence-corrected chi connectivity index (χ1v) is 6.58. The molecule has 1 fully saturated rings. The van der Waals surface area contributed by atoms with E-state index in [0.29, 0.717) is 5.82 Å². The first-order chi connectivity index (χ1) is 8.70. The standard InChI is InChI=1S/C13H22N4O/c1-10-9-11(17-14)16-12(15-10)13(18-2)7-5-3-4-6-8-13/h9H,3-8,14H2,1-2H3,(H,15,16,17). The Morgan fingerprint density at radius 2 is 1.89 bits per heavy atom. The first-order valence-electron chi connectivity index (χ1n) is 6.58. The van der Waals surface area contributed by atoms with E-state index in [-0.39, 0.29) is 5.60 Å². The second-order valence-electron chi connectivity index (χ2n) is 4.98. The number of hydrazine groups is 1. The van der Waals surface area contributed by atoms with E-state index in [2.05, 4.69) is 15.4 Å². The molecule has 0 amide bonds. The maximum Gasteiger partial charge on any atom is 0.162 e. The van der Waals surface area contributed by atoms with E-state index in [1.165, 1.54) is 12.8 Å². The molecule has 1 heterocycles. The Labute approximate surface area is 108 Å². The highest BCUT2D eigenvalue weighted by Crippen LogP contribution is 2.37. The molecule has 0 saturated heterocycles. The van der Waals surface area contributed by atoms with Crippen LogP contribution in [0.4, 0.5) is 5.82 Å². The first kappa shape index (κ1) is 13.2. The zero-order chi connectivity index (χ0) is 13.0. The number of nitrogens with one attached hydrogen (secondary N) is 1. The van der Waals surface area contributed by atoms with Crippen LogP contribution in [0.15, 0.2) is 6.07 Å². The molecule has 1 aromatic rings. The van der Waals surface area contributed by atoms with Gasteiger partial charge in [0.1, 0.15) is 11.4 Å². The van der Waals surface area contributed by atoms with Crippen LogP contribution < -0.4 is 11.3 Å². The molecule has 0 spiro atoms. The summed E-state index contributed by atoms with van der Waals surface area (Å²) in [6.45, 7) is 1.95. The molecular weight excluding hydrogens is 228 g/mol. The summed E-state index contributed by atoms with van der Waals surface area (Å²) in [6.07, 6.45) is 6.82. The van der Waals surface area contributed by atoms with Crippen LogP contribution in [0.3, 0.4) is 0 Å². The summed E-state index contributed by atoms with van der Waals surface area (Å²) in [7, 11) is 1.76. The summed E-state index contributed by atoms with van der Waals surface area (Å²) < 4.78 is 5.81. The number of hydrogen-bond acceptors (Lipinski definition) is 5. The van der Waals surface area contributed by atoms with Crippen molar-refractivity contribution in [3.8, 4) is 0 Å². The van der Waals surface area contributed by atoms with Crippen molar-refractivity contribution in [1.29, 1.82) is 0 Å². The van der Waals surface area contributed by atoms with E-state index in [0.717, 1.165) is 37.2 Å². The van der Waals surface area contributed by atoms with Crippen LogP contribution in [0.25, 0.3) is 0 Å². The molecule has 0 unspecified atom stereocenters. The highest BCUT2D eigenvalue weighted by molar-refractivity contribution is 5.35. The minimum Gasteiger partial charge on any atom is -0.370 e. The SMILES string of the molecule is COC1(c2nc(C)cc(NN)n2)CCCCCC1. The molecule has 2 rings (SSSR count). The zero-order valence-corrected chi connectivity index (χ0v) is 11.2. The van der Waals surface area contributed by atoms with Gasteiger partial charge in [0.05, 0.1) is 0 Å². The van der Waals surface area contributed by atoms with Gasteiger partial charge in [-0.2, -0.15) is 0 Å². The number of methoxy groups -OCH3 is 1. The van der Waals surface area contributed by atoms with Gasteiger partial charge in [-0.25, -0.2) is 15.8 Å². The van der Waals surface area contributed by atoms with Crippen molar-refractivity contribution in [2.45, 2.75) is 51.0 Å². The molecule has 18 heavy (non-hydrogen) atoms. The van der Waals surface area contributed by atoms with E-state index in [9.17, 15) is 0 Å². The summed E-state index contributed by atoms with van der Waals surface area (Å²) in [4.78, 5) is 9.05. The van der Waals surface area contributed by atoms with Gasteiger partial charge in [-0.05, 0) is 19.8 Å². The summed E-state index contributed by atoms with van der Waals surface area (Å²) in [5.74, 6) is 6.87. The number of rotatable bonds is 3. The maximum absolute atomic E-state index is 5.81. The van der Waals surface area contributed by atoms with E-state index in [1.54, 1.807) is 7.11 Å². The third-order valence-corrected chi connectivity index (χ3v) is 3.71. The molecule has 1 aliphatic rings. The highest BCUT2D eigenvalue weighted by atomic mass is 16.5. The van der Waals surface area contributed by atoms with Gasteiger partial charge in [0, 0.05) is 18.9 Å². The Morgan fingerprint density at radius 3 is 2.44 bits per heavy atom. The summed E-state index contributed by atoms with van der Waals surface area (Å²) in [5, 5.41) is 0. The second-order valence-corrected chi connectivity index (χ2v) is 4.98. The topological polar surface area (TPSA) is 73.1 Å². The molecule has 5 heteroatoms. The van der Waals surface area contributed by atoms with Crippen molar-refractivity contribution >= 4 is 5.82 Å². The summed E-state index contributed by atoms with van der Waals surface area (Å²) in [6, 6.07) is 1.84. The average Bonchev–Trinajstić information content (AvgIpc) is 2.64. The predicted molar refractivity (Wildman–Crippen MR) is 71.0 cm³/mol. The molecule has 3 N–H and O–H groups in total. The number of aryl methyl sites for hydroxylation is 1. The lowest BCUT2D eigenvalue weighted by Crippen LogP contribution is -2.31. The van der Waals surface area contributed by atoms with Crippen LogP contribution in [0, 0.1) is 6.92 Å². The zero-order valence-electron chi connectivity index (χ0n) is 11.2. The lowest BCUT2D eigenvalue weighted by atomic mass is 9.93. The lowest BCUT2D eigenvalue weighted by molar-refractivity contribution is -0.0351. The fourth-order valence-electron chi connectivity index (χ4n) is 2.66. The number of ether oxygens (including phenoxy) is 1. The van der Waals surface area contributed by atoms with Gasteiger partial charge in [0.15, 0.2) is 5.82 Å². The number of hydrogen-bond donors (Lipinski definition) is 2. The predicted octanol–water partition coefficient (Wildman–Crippen LogP) is 2.27. The Morgan fingerprint density at radius 1 is 1.22 bits per heavy atom. The van der Waals surface area contributed by atoms with Crippen LogP contribution in [0.5, 0.6) is 0 Å². The Bertz CT molecular complexity index is 400. The van der Waals surface area contributed by atoms with Gasteiger partial charge in [-0.1, -0.05) is 25.7 Å². The highest BCUT2D eigenvalue weighted by Gasteiger charge is 2.36. The van der Waals surface area contributed by atoms with Crippen LogP contribution in [0.1, 0.15) is 50.0 Å². The van der Waals surface area contributed by atoms with Gasteiger partial charge >= 0.3 is 0 Å². The molecule has 1 aliphatic carbocycles. The number of nitrogen functional groups attached to an aromatic ring is 1. The van der Waals surface area contributed by atoms with Gasteiger partial charge in [0.2, 0.25) is 0 Å². The fourth-order valence-corrected chi connectivity index (χ4v) is 2.66. The quantitative estimate of drug-likeness (QED) is 0.489. The van der Waals surface area contributed by atoms with Crippen molar-refractivity contribution in [3.05, 3.63) is 17.6 Å². The molecule has 5 nitrogen and oxygen atoms in total. The Hall–Kier alpha value is -1.20. The van der Waals surface area contributed by atoms with Gasteiger partial charge in [-0.15, -0.1) is 0 Å². The van der Waals surface area contributed by atoms with Crippen molar-refractivity contribution in [2.24, 2.45) is 5.84 Å². The smallest absolute Gasteiger partial charge is 0.162 e. The Balaban J connectivity index is 2.38. The number of anilines is 1. The van der Waals surface area contributed by atoms with Crippen molar-refractivity contribution in [1.82, 2.24) is 9.97 Å². The summed E-state index contributed by atoms with van der Waals surface area (Å²) >= 11 is 0. The third-order valence-electron chi connectivity index (χ3n) is 3.71. The normalized spacial score (nSPS) is 19.3. The number of aromatic nitrogens is 2. The largest absolute Gasteiger partial charge is 0.370 e. The van der Waals surface area contributed by atoms with E-state index >= 15 is 0 Å². The molecule has 0 radical (unpaired) electrons. The van der Waals surface area contributed by atoms with Crippen LogP contribution in [-0.4, -0.2) is 17.1 Å². The van der Waals surface area contributed by atoms with Gasteiger partial charge in [-0.3, -0.25) is 0 Å². The molecule has 1 aromatic heterocycles.